The van der Waals surface area contributed by atoms with Gasteiger partial charge in [0.2, 0.25) is 0 Å². The topological polar surface area (TPSA) is 58.9 Å². The SMILES string of the molecule is CSc1ccc(CN[C@@H]2CNC(=O)c3cc(-c4cccs4)nn32)cc1. The van der Waals surface area contributed by atoms with Crippen molar-refractivity contribution in [3.63, 3.8) is 0 Å². The van der Waals surface area contributed by atoms with Crippen LogP contribution in [0.5, 0.6) is 0 Å². The Morgan fingerprint density at radius 3 is 2.92 bits per heavy atom. The van der Waals surface area contributed by atoms with Gasteiger partial charge in [-0.25, -0.2) is 4.68 Å². The smallest absolute Gasteiger partial charge is 0.269 e. The van der Waals surface area contributed by atoms with Crippen LogP contribution in [0.15, 0.2) is 52.7 Å². The summed E-state index contributed by atoms with van der Waals surface area (Å²) in [4.78, 5) is 14.5. The largest absolute Gasteiger partial charge is 0.347 e. The van der Waals surface area contributed by atoms with Gasteiger partial charge in [-0.2, -0.15) is 5.10 Å². The van der Waals surface area contributed by atoms with E-state index in [2.05, 4.69) is 46.3 Å². The molecule has 0 bridgehead atoms. The minimum Gasteiger partial charge on any atom is -0.347 e. The number of fused-ring (bicyclic) bond motifs is 1. The third-order valence-corrected chi connectivity index (χ3v) is 5.83. The highest BCUT2D eigenvalue weighted by atomic mass is 32.2. The first-order valence-corrected chi connectivity index (χ1v) is 10.1. The first kappa shape index (κ1) is 16.4. The van der Waals surface area contributed by atoms with Crippen LogP contribution in [0.1, 0.15) is 22.2 Å². The maximum absolute atomic E-state index is 12.2. The molecule has 3 aromatic rings. The third-order valence-electron chi connectivity index (χ3n) is 4.19. The quantitative estimate of drug-likeness (QED) is 0.676. The van der Waals surface area contributed by atoms with Crippen LogP contribution in [0.2, 0.25) is 0 Å². The molecule has 0 saturated heterocycles. The van der Waals surface area contributed by atoms with Crippen molar-refractivity contribution in [1.82, 2.24) is 20.4 Å². The standard InChI is InChI=1S/C18H18N4OS2/c1-24-13-6-4-12(5-7-13)10-19-17-11-20-18(23)15-9-14(21-22(15)17)16-3-2-8-25-16/h2-9,17,19H,10-11H2,1H3,(H,20,23)/t17-/m0/s1. The fraction of sp³-hybridized carbons (Fsp3) is 0.222. The lowest BCUT2D eigenvalue weighted by Gasteiger charge is -2.25. The van der Waals surface area contributed by atoms with Gasteiger partial charge in [0.05, 0.1) is 11.4 Å². The molecule has 2 aromatic heterocycles. The second-order valence-corrected chi connectivity index (χ2v) is 7.62. The van der Waals surface area contributed by atoms with Crippen molar-refractivity contribution in [2.45, 2.75) is 17.6 Å². The lowest BCUT2D eigenvalue weighted by molar-refractivity contribution is 0.0900. The molecule has 7 heteroatoms. The zero-order valence-corrected chi connectivity index (χ0v) is 15.4. The monoisotopic (exact) mass is 370 g/mol. The van der Waals surface area contributed by atoms with Crippen LogP contribution in [0.25, 0.3) is 10.6 Å². The Morgan fingerprint density at radius 1 is 1.36 bits per heavy atom. The third kappa shape index (κ3) is 3.35. The summed E-state index contributed by atoms with van der Waals surface area (Å²) in [6.07, 6.45) is 2.02. The van der Waals surface area contributed by atoms with E-state index < -0.39 is 0 Å². The summed E-state index contributed by atoms with van der Waals surface area (Å²) in [5, 5.41) is 13.1. The van der Waals surface area contributed by atoms with Gasteiger partial charge < -0.3 is 5.32 Å². The second-order valence-electron chi connectivity index (χ2n) is 5.79. The Hall–Kier alpha value is -2.09. The van der Waals surface area contributed by atoms with Crippen molar-refractivity contribution in [2.75, 3.05) is 12.8 Å². The zero-order chi connectivity index (χ0) is 17.2. The van der Waals surface area contributed by atoms with Crippen molar-refractivity contribution < 1.29 is 4.79 Å². The highest BCUT2D eigenvalue weighted by molar-refractivity contribution is 7.98. The number of thioether (sulfide) groups is 1. The van der Waals surface area contributed by atoms with Crippen LogP contribution in [-0.2, 0) is 6.54 Å². The number of aromatic nitrogens is 2. The van der Waals surface area contributed by atoms with Gasteiger partial charge in [0.25, 0.3) is 5.91 Å². The van der Waals surface area contributed by atoms with E-state index in [0.29, 0.717) is 12.2 Å². The summed E-state index contributed by atoms with van der Waals surface area (Å²) < 4.78 is 1.81. The number of rotatable bonds is 5. The van der Waals surface area contributed by atoms with E-state index in [4.69, 9.17) is 0 Å². The average molecular weight is 371 g/mol. The number of nitrogens with one attached hydrogen (secondary N) is 2. The number of nitrogens with zero attached hydrogens (tertiary/aromatic N) is 2. The Kier molecular flexibility index (Phi) is 4.61. The van der Waals surface area contributed by atoms with E-state index in [1.54, 1.807) is 23.1 Å². The second kappa shape index (κ2) is 7.03. The maximum Gasteiger partial charge on any atom is 0.269 e. The molecule has 2 N–H and O–H groups in total. The minimum absolute atomic E-state index is 0.0540. The summed E-state index contributed by atoms with van der Waals surface area (Å²) >= 11 is 3.36. The van der Waals surface area contributed by atoms with Crippen molar-refractivity contribution in [3.05, 3.63) is 59.1 Å². The number of benzene rings is 1. The van der Waals surface area contributed by atoms with Crippen LogP contribution in [-0.4, -0.2) is 28.5 Å². The summed E-state index contributed by atoms with van der Waals surface area (Å²) in [6, 6.07) is 14.4. The molecule has 0 fully saturated rings. The normalized spacial score (nSPS) is 16.5. The molecule has 0 aliphatic carbocycles. The van der Waals surface area contributed by atoms with Gasteiger partial charge in [-0.05, 0) is 41.5 Å². The van der Waals surface area contributed by atoms with Gasteiger partial charge in [0.1, 0.15) is 17.6 Å². The van der Waals surface area contributed by atoms with Crippen molar-refractivity contribution in [2.24, 2.45) is 0 Å². The molecule has 4 rings (SSSR count). The van der Waals surface area contributed by atoms with E-state index in [1.807, 2.05) is 28.3 Å². The van der Waals surface area contributed by atoms with Gasteiger partial charge in [-0.15, -0.1) is 23.1 Å². The van der Waals surface area contributed by atoms with Crippen LogP contribution in [0.3, 0.4) is 0 Å². The molecular formula is C18H18N4OS2. The molecule has 128 valence electrons. The van der Waals surface area contributed by atoms with Crippen molar-refractivity contribution in [3.8, 4) is 10.6 Å². The maximum atomic E-state index is 12.2. The number of amides is 1. The van der Waals surface area contributed by atoms with Crippen molar-refractivity contribution in [1.29, 1.82) is 0 Å². The molecule has 1 amide bonds. The lowest BCUT2D eigenvalue weighted by Crippen LogP contribution is -2.45. The van der Waals surface area contributed by atoms with Gasteiger partial charge in [-0.3, -0.25) is 10.1 Å². The fourth-order valence-corrected chi connectivity index (χ4v) is 3.94. The van der Waals surface area contributed by atoms with Crippen LogP contribution in [0, 0.1) is 0 Å². The number of carbonyl (C=O) groups is 1. The molecule has 5 nitrogen and oxygen atoms in total. The molecule has 0 unspecified atom stereocenters. The van der Waals surface area contributed by atoms with E-state index in [0.717, 1.165) is 17.1 Å². The van der Waals surface area contributed by atoms with E-state index in [1.165, 1.54) is 10.5 Å². The Labute approximate surface area is 154 Å². The first-order chi connectivity index (χ1) is 12.2. The molecule has 1 aliphatic rings. The Morgan fingerprint density at radius 2 is 2.20 bits per heavy atom. The van der Waals surface area contributed by atoms with Crippen LogP contribution < -0.4 is 10.6 Å². The van der Waals surface area contributed by atoms with Gasteiger partial charge in [0.15, 0.2) is 0 Å². The first-order valence-electron chi connectivity index (χ1n) is 8.02. The minimum atomic E-state index is -0.0716. The summed E-state index contributed by atoms with van der Waals surface area (Å²) in [5.74, 6) is -0.0716. The highest BCUT2D eigenvalue weighted by Gasteiger charge is 2.27. The number of hydrogen-bond donors (Lipinski definition) is 2. The fourth-order valence-electron chi connectivity index (χ4n) is 2.85. The molecule has 0 radical (unpaired) electrons. The molecule has 0 spiro atoms. The molecule has 1 atom stereocenters. The average Bonchev–Trinajstić information content (AvgIpc) is 3.31. The predicted molar refractivity (Wildman–Crippen MR) is 102 cm³/mol. The predicted octanol–water partition coefficient (Wildman–Crippen LogP) is 3.37. The van der Waals surface area contributed by atoms with E-state index in [9.17, 15) is 4.79 Å². The lowest BCUT2D eigenvalue weighted by atomic mass is 10.2. The number of hydrogen-bond acceptors (Lipinski definition) is 5. The highest BCUT2D eigenvalue weighted by Crippen LogP contribution is 2.26. The Bertz CT molecular complexity index is 871. The molecule has 1 aromatic carbocycles. The van der Waals surface area contributed by atoms with Gasteiger partial charge in [-0.1, -0.05) is 18.2 Å². The van der Waals surface area contributed by atoms with Gasteiger partial charge in [0, 0.05) is 11.4 Å². The zero-order valence-electron chi connectivity index (χ0n) is 13.7. The summed E-state index contributed by atoms with van der Waals surface area (Å²) in [5.41, 5.74) is 2.66. The molecule has 0 saturated carbocycles. The summed E-state index contributed by atoms with van der Waals surface area (Å²) in [6.45, 7) is 1.25. The molecule has 1 aliphatic heterocycles. The Balaban J connectivity index is 1.53. The summed E-state index contributed by atoms with van der Waals surface area (Å²) in [7, 11) is 0. The number of thiophene rings is 1. The van der Waals surface area contributed by atoms with Crippen LogP contribution in [0.4, 0.5) is 0 Å². The van der Waals surface area contributed by atoms with Crippen molar-refractivity contribution >= 4 is 29.0 Å². The van der Waals surface area contributed by atoms with E-state index in [-0.39, 0.29) is 12.1 Å². The van der Waals surface area contributed by atoms with Crippen LogP contribution >= 0.6 is 23.1 Å². The number of carbonyl (C=O) groups excluding carboxylic acids is 1. The van der Waals surface area contributed by atoms with E-state index >= 15 is 0 Å². The van der Waals surface area contributed by atoms with Gasteiger partial charge >= 0.3 is 0 Å². The molecular weight excluding hydrogens is 352 g/mol. The molecule has 3 heterocycles. The molecule has 25 heavy (non-hydrogen) atoms.